The Labute approximate surface area is 124 Å². The van der Waals surface area contributed by atoms with Crippen LogP contribution in [0.25, 0.3) is 0 Å². The maximum atomic E-state index is 12.7. The van der Waals surface area contributed by atoms with E-state index in [0.29, 0.717) is 17.7 Å². The van der Waals surface area contributed by atoms with Crippen LogP contribution in [0.5, 0.6) is 0 Å². The molecule has 1 aromatic rings. The van der Waals surface area contributed by atoms with Crippen LogP contribution in [0.3, 0.4) is 0 Å². The van der Waals surface area contributed by atoms with Gasteiger partial charge in [-0.3, -0.25) is 9.78 Å². The molecule has 3 rings (SSSR count). The minimum Gasteiger partial charge on any atom is -0.334 e. The normalized spacial score (nSPS) is 29.9. The highest BCUT2D eigenvalue weighted by Gasteiger charge is 2.39. The van der Waals surface area contributed by atoms with Crippen molar-refractivity contribution < 1.29 is 4.79 Å². The molecule has 108 valence electrons. The number of carbonyl (C=O) groups is 1. The van der Waals surface area contributed by atoms with E-state index >= 15 is 0 Å². The van der Waals surface area contributed by atoms with Crippen LogP contribution in [0.1, 0.15) is 49.5 Å². The predicted octanol–water partition coefficient (Wildman–Crippen LogP) is 3.17. The zero-order chi connectivity index (χ0) is 14.1. The van der Waals surface area contributed by atoms with E-state index in [9.17, 15) is 4.79 Å². The first-order chi connectivity index (χ1) is 9.66. The van der Waals surface area contributed by atoms with Gasteiger partial charge in [-0.05, 0) is 31.1 Å². The van der Waals surface area contributed by atoms with E-state index in [0.717, 1.165) is 25.3 Å². The molecule has 2 heterocycles. The molecule has 2 fully saturated rings. The number of piperidine rings is 1. The van der Waals surface area contributed by atoms with Gasteiger partial charge in [0.1, 0.15) is 10.8 Å². The molecule has 3 atom stereocenters. The molecule has 5 heteroatoms. The van der Waals surface area contributed by atoms with Crippen LogP contribution in [0.15, 0.2) is 12.4 Å². The van der Waals surface area contributed by atoms with E-state index < -0.39 is 0 Å². The molecule has 0 N–H and O–H groups in total. The molecule has 0 spiro atoms. The van der Waals surface area contributed by atoms with Crippen molar-refractivity contribution in [2.24, 2.45) is 11.8 Å². The van der Waals surface area contributed by atoms with E-state index in [1.54, 1.807) is 0 Å². The summed E-state index contributed by atoms with van der Waals surface area (Å²) in [7, 11) is 0. The van der Waals surface area contributed by atoms with Crippen LogP contribution in [0.2, 0.25) is 5.15 Å². The van der Waals surface area contributed by atoms with Crippen molar-refractivity contribution in [2.45, 2.75) is 45.1 Å². The molecule has 4 nitrogen and oxygen atoms in total. The molecule has 3 unspecified atom stereocenters. The summed E-state index contributed by atoms with van der Waals surface area (Å²) in [5.74, 6) is 1.35. The first-order valence-electron chi connectivity index (χ1n) is 7.45. The second-order valence-electron chi connectivity index (χ2n) is 6.01. The van der Waals surface area contributed by atoms with E-state index in [2.05, 4.69) is 16.9 Å². The Bertz CT molecular complexity index is 508. The van der Waals surface area contributed by atoms with Crippen LogP contribution in [-0.2, 0) is 0 Å². The zero-order valence-electron chi connectivity index (χ0n) is 11.8. The molecule has 1 aromatic heterocycles. The summed E-state index contributed by atoms with van der Waals surface area (Å²) in [6.45, 7) is 3.15. The largest absolute Gasteiger partial charge is 0.334 e. The maximum Gasteiger partial charge on any atom is 0.274 e. The minimum atomic E-state index is -0.0104. The lowest BCUT2D eigenvalue weighted by atomic mass is 9.72. The fourth-order valence-electron chi connectivity index (χ4n) is 3.76. The monoisotopic (exact) mass is 293 g/mol. The standard InChI is InChI=1S/C15H20ClN3O/c1-10-6-7-19(13-5-3-2-4-11(10)13)15(20)12-8-17-9-14(16)18-12/h8-11,13H,2-7H2,1H3. The topological polar surface area (TPSA) is 46.1 Å². The molecule has 1 amide bonds. The van der Waals surface area contributed by atoms with Gasteiger partial charge in [-0.1, -0.05) is 31.4 Å². The first-order valence-corrected chi connectivity index (χ1v) is 7.83. The average molecular weight is 294 g/mol. The maximum absolute atomic E-state index is 12.7. The number of aromatic nitrogens is 2. The highest BCUT2D eigenvalue weighted by Crippen LogP contribution is 2.39. The van der Waals surface area contributed by atoms with Crippen LogP contribution in [0, 0.1) is 11.8 Å². The van der Waals surface area contributed by atoms with E-state index in [4.69, 9.17) is 11.6 Å². The molecular weight excluding hydrogens is 274 g/mol. The van der Waals surface area contributed by atoms with Gasteiger partial charge in [-0.15, -0.1) is 0 Å². The lowest BCUT2D eigenvalue weighted by molar-refractivity contribution is 0.0213. The molecule has 0 radical (unpaired) electrons. The minimum absolute atomic E-state index is 0.0104. The van der Waals surface area contributed by atoms with Crippen LogP contribution in [-0.4, -0.2) is 33.4 Å². The van der Waals surface area contributed by atoms with Gasteiger partial charge in [0, 0.05) is 12.6 Å². The number of nitrogens with zero attached hydrogens (tertiary/aromatic N) is 3. The molecule has 0 aromatic carbocycles. The number of halogens is 1. The number of amides is 1. The smallest absolute Gasteiger partial charge is 0.274 e. The van der Waals surface area contributed by atoms with Gasteiger partial charge in [0.2, 0.25) is 0 Å². The molecule has 0 bridgehead atoms. The van der Waals surface area contributed by atoms with Crippen LogP contribution < -0.4 is 0 Å². The highest BCUT2D eigenvalue weighted by atomic mass is 35.5. The summed E-state index contributed by atoms with van der Waals surface area (Å²) in [6.07, 6.45) is 8.94. The van der Waals surface area contributed by atoms with E-state index in [1.165, 1.54) is 31.7 Å². The summed E-state index contributed by atoms with van der Waals surface area (Å²) in [5, 5.41) is 0.279. The number of fused-ring (bicyclic) bond motifs is 1. The SMILES string of the molecule is CC1CCN(C(=O)c2cncc(Cl)n2)C2CCCCC12. The number of hydrogen-bond donors (Lipinski definition) is 0. The second kappa shape index (κ2) is 5.68. The number of likely N-dealkylation sites (tertiary alicyclic amines) is 1. The Morgan fingerprint density at radius 1 is 1.30 bits per heavy atom. The molecule has 20 heavy (non-hydrogen) atoms. The number of hydrogen-bond acceptors (Lipinski definition) is 3. The number of carbonyl (C=O) groups excluding carboxylic acids is 1. The summed E-state index contributed by atoms with van der Waals surface area (Å²) >= 11 is 5.84. The Balaban J connectivity index is 1.83. The van der Waals surface area contributed by atoms with Crippen molar-refractivity contribution in [1.29, 1.82) is 0 Å². The Kier molecular flexibility index (Phi) is 3.92. The van der Waals surface area contributed by atoms with Crippen molar-refractivity contribution in [2.75, 3.05) is 6.54 Å². The third-order valence-corrected chi connectivity index (χ3v) is 5.01. The second-order valence-corrected chi connectivity index (χ2v) is 6.39. The summed E-state index contributed by atoms with van der Waals surface area (Å²) in [6, 6.07) is 0.376. The summed E-state index contributed by atoms with van der Waals surface area (Å²) in [5.41, 5.74) is 0.372. The molecule has 1 saturated heterocycles. The van der Waals surface area contributed by atoms with Crippen molar-refractivity contribution in [3.8, 4) is 0 Å². The van der Waals surface area contributed by atoms with Gasteiger partial charge in [-0.2, -0.15) is 0 Å². The Morgan fingerprint density at radius 3 is 2.90 bits per heavy atom. The van der Waals surface area contributed by atoms with Gasteiger partial charge in [-0.25, -0.2) is 4.98 Å². The van der Waals surface area contributed by atoms with Crippen LogP contribution in [0.4, 0.5) is 0 Å². The summed E-state index contributed by atoms with van der Waals surface area (Å²) < 4.78 is 0. The molecule has 1 saturated carbocycles. The summed E-state index contributed by atoms with van der Waals surface area (Å²) in [4.78, 5) is 22.8. The predicted molar refractivity (Wildman–Crippen MR) is 77.6 cm³/mol. The van der Waals surface area contributed by atoms with E-state index in [1.807, 2.05) is 4.90 Å². The highest BCUT2D eigenvalue weighted by molar-refractivity contribution is 6.29. The van der Waals surface area contributed by atoms with Crippen molar-refractivity contribution >= 4 is 17.5 Å². The third-order valence-electron chi connectivity index (χ3n) is 4.82. The lowest BCUT2D eigenvalue weighted by Crippen LogP contribution is -2.52. The fraction of sp³-hybridized carbons (Fsp3) is 0.667. The van der Waals surface area contributed by atoms with E-state index in [-0.39, 0.29) is 11.1 Å². The molecule has 2 aliphatic rings. The van der Waals surface area contributed by atoms with Gasteiger partial charge >= 0.3 is 0 Å². The molecule has 1 aliphatic carbocycles. The van der Waals surface area contributed by atoms with Crippen LogP contribution >= 0.6 is 11.6 Å². The lowest BCUT2D eigenvalue weighted by Gasteiger charge is -2.47. The van der Waals surface area contributed by atoms with Crippen molar-refractivity contribution in [1.82, 2.24) is 14.9 Å². The third kappa shape index (κ3) is 2.53. The van der Waals surface area contributed by atoms with Gasteiger partial charge in [0.05, 0.1) is 12.4 Å². The van der Waals surface area contributed by atoms with Gasteiger partial charge in [0.15, 0.2) is 0 Å². The van der Waals surface area contributed by atoms with Crippen molar-refractivity contribution in [3.05, 3.63) is 23.2 Å². The van der Waals surface area contributed by atoms with Crippen molar-refractivity contribution in [3.63, 3.8) is 0 Å². The van der Waals surface area contributed by atoms with Gasteiger partial charge < -0.3 is 4.90 Å². The molecule has 1 aliphatic heterocycles. The fourth-order valence-corrected chi connectivity index (χ4v) is 3.91. The Hall–Kier alpha value is -1.16. The zero-order valence-corrected chi connectivity index (χ0v) is 12.5. The molecular formula is C15H20ClN3O. The number of rotatable bonds is 1. The first kappa shape index (κ1) is 13.8. The average Bonchev–Trinajstić information content (AvgIpc) is 2.47. The Morgan fingerprint density at radius 2 is 2.10 bits per heavy atom. The quantitative estimate of drug-likeness (QED) is 0.799. The van der Waals surface area contributed by atoms with Gasteiger partial charge in [0.25, 0.3) is 5.91 Å².